The van der Waals surface area contributed by atoms with Crippen LogP contribution in [-0.2, 0) is 16.1 Å². The molecule has 0 spiro atoms. The average molecular weight is 397 g/mol. The molecule has 0 fully saturated rings. The van der Waals surface area contributed by atoms with Crippen LogP contribution in [0, 0.1) is 0 Å². The summed E-state index contributed by atoms with van der Waals surface area (Å²) in [5.74, 6) is 0.199. The lowest BCUT2D eigenvalue weighted by molar-refractivity contribution is -0.124. The topological polar surface area (TPSA) is 80.1 Å². The van der Waals surface area contributed by atoms with Crippen LogP contribution in [0.15, 0.2) is 79.1 Å². The van der Waals surface area contributed by atoms with Crippen LogP contribution in [0.1, 0.15) is 18.0 Å². The first-order valence-corrected chi connectivity index (χ1v) is 9.73. The van der Waals surface area contributed by atoms with E-state index < -0.39 is 6.04 Å². The number of carbonyl (C=O) groups excluding carboxylic acids is 2. The number of rotatable bonds is 5. The number of pyridine rings is 1. The number of aromatic nitrogens is 3. The molecule has 0 unspecified atom stereocenters. The number of hydrogen-bond acceptors (Lipinski definition) is 4. The number of para-hydroxylation sites is 3. The summed E-state index contributed by atoms with van der Waals surface area (Å²) < 4.78 is 1.87. The standard InChI is InChI=1S/C23H19N5O2/c29-21(25-17-8-2-1-3-9-17)13-20-22(30)27(15-16-7-6-12-24-14-16)23-26-18-10-4-5-11-19(18)28(20)23/h1-12,14,20H,13,15H2,(H,25,29)/t20-/m0/s1. The van der Waals surface area contributed by atoms with Crippen LogP contribution < -0.4 is 10.2 Å². The van der Waals surface area contributed by atoms with Crippen LogP contribution in [0.4, 0.5) is 11.6 Å². The van der Waals surface area contributed by atoms with Gasteiger partial charge in [0.1, 0.15) is 6.04 Å². The van der Waals surface area contributed by atoms with Gasteiger partial charge < -0.3 is 5.32 Å². The Morgan fingerprint density at radius 3 is 2.60 bits per heavy atom. The number of carbonyl (C=O) groups is 2. The summed E-state index contributed by atoms with van der Waals surface area (Å²) in [5.41, 5.74) is 3.24. The van der Waals surface area contributed by atoms with E-state index >= 15 is 0 Å². The first-order valence-electron chi connectivity index (χ1n) is 9.73. The van der Waals surface area contributed by atoms with Gasteiger partial charge in [-0.3, -0.25) is 24.0 Å². The van der Waals surface area contributed by atoms with E-state index in [1.54, 1.807) is 17.3 Å². The van der Waals surface area contributed by atoms with Gasteiger partial charge in [-0.15, -0.1) is 0 Å². The molecule has 2 aromatic heterocycles. The van der Waals surface area contributed by atoms with Gasteiger partial charge in [0.25, 0.3) is 5.91 Å². The average Bonchev–Trinajstić information content (AvgIpc) is 3.26. The van der Waals surface area contributed by atoms with Crippen molar-refractivity contribution in [3.63, 3.8) is 0 Å². The Balaban J connectivity index is 1.48. The molecule has 0 saturated heterocycles. The van der Waals surface area contributed by atoms with Crippen LogP contribution in [0.5, 0.6) is 0 Å². The molecular formula is C23H19N5O2. The fourth-order valence-electron chi connectivity index (χ4n) is 3.83. The number of anilines is 2. The highest BCUT2D eigenvalue weighted by Gasteiger charge is 2.40. The Bertz CT molecular complexity index is 1220. The number of benzene rings is 2. The number of nitrogens with zero attached hydrogens (tertiary/aromatic N) is 4. The monoisotopic (exact) mass is 397 g/mol. The largest absolute Gasteiger partial charge is 0.326 e. The minimum absolute atomic E-state index is 0.0324. The first kappa shape index (κ1) is 18.1. The zero-order valence-corrected chi connectivity index (χ0v) is 16.1. The fourth-order valence-corrected chi connectivity index (χ4v) is 3.83. The van der Waals surface area contributed by atoms with Gasteiger partial charge in [0, 0.05) is 18.1 Å². The molecule has 7 nitrogen and oxygen atoms in total. The Hall–Kier alpha value is -4.00. The lowest BCUT2D eigenvalue weighted by Crippen LogP contribution is -2.31. The van der Waals surface area contributed by atoms with Gasteiger partial charge in [0.2, 0.25) is 11.9 Å². The van der Waals surface area contributed by atoms with E-state index in [0.29, 0.717) is 18.2 Å². The highest BCUT2D eigenvalue weighted by molar-refractivity contribution is 6.05. The van der Waals surface area contributed by atoms with Crippen molar-refractivity contribution in [1.82, 2.24) is 14.5 Å². The van der Waals surface area contributed by atoms with E-state index in [1.807, 2.05) is 71.3 Å². The molecule has 0 bridgehead atoms. The maximum absolute atomic E-state index is 13.3. The van der Waals surface area contributed by atoms with Crippen molar-refractivity contribution in [3.05, 3.63) is 84.7 Å². The van der Waals surface area contributed by atoms with Gasteiger partial charge in [-0.1, -0.05) is 36.4 Å². The molecule has 1 aliphatic heterocycles. The zero-order chi connectivity index (χ0) is 20.5. The minimum Gasteiger partial charge on any atom is -0.326 e. The SMILES string of the molecule is O=C(C[C@H]1C(=O)N(Cc2cccnc2)c2nc3ccccc3n21)Nc1ccccc1. The first-order chi connectivity index (χ1) is 14.7. The fraction of sp³-hybridized carbons (Fsp3) is 0.130. The van der Waals surface area contributed by atoms with E-state index in [0.717, 1.165) is 16.6 Å². The summed E-state index contributed by atoms with van der Waals surface area (Å²) in [5, 5.41) is 2.87. The third kappa shape index (κ3) is 3.20. The molecule has 0 aliphatic carbocycles. The van der Waals surface area contributed by atoms with Gasteiger partial charge in [0.05, 0.1) is 24.0 Å². The summed E-state index contributed by atoms with van der Waals surface area (Å²) >= 11 is 0. The van der Waals surface area contributed by atoms with Gasteiger partial charge in [-0.05, 0) is 35.9 Å². The maximum Gasteiger partial charge on any atom is 0.253 e. The predicted molar refractivity (Wildman–Crippen MR) is 114 cm³/mol. The van der Waals surface area contributed by atoms with Crippen molar-refractivity contribution in [1.29, 1.82) is 0 Å². The molecular weight excluding hydrogens is 378 g/mol. The molecule has 4 aromatic rings. The summed E-state index contributed by atoms with van der Waals surface area (Å²) in [7, 11) is 0. The smallest absolute Gasteiger partial charge is 0.253 e. The molecule has 148 valence electrons. The molecule has 1 N–H and O–H groups in total. The number of hydrogen-bond donors (Lipinski definition) is 1. The molecule has 7 heteroatoms. The Kier molecular flexibility index (Phi) is 4.48. The van der Waals surface area contributed by atoms with E-state index in [4.69, 9.17) is 0 Å². The van der Waals surface area contributed by atoms with E-state index in [2.05, 4.69) is 15.3 Å². The molecule has 0 saturated carbocycles. The van der Waals surface area contributed by atoms with E-state index in [1.165, 1.54) is 0 Å². The highest BCUT2D eigenvalue weighted by atomic mass is 16.2. The second kappa shape index (κ2) is 7.44. The summed E-state index contributed by atoms with van der Waals surface area (Å²) in [4.78, 5) is 36.5. The van der Waals surface area contributed by atoms with E-state index in [-0.39, 0.29) is 18.2 Å². The van der Waals surface area contributed by atoms with Gasteiger partial charge >= 0.3 is 0 Å². The predicted octanol–water partition coefficient (Wildman–Crippen LogP) is 3.55. The van der Waals surface area contributed by atoms with Crippen LogP contribution >= 0.6 is 0 Å². The molecule has 3 heterocycles. The molecule has 0 radical (unpaired) electrons. The van der Waals surface area contributed by atoms with Crippen LogP contribution in [-0.4, -0.2) is 26.3 Å². The molecule has 2 amide bonds. The van der Waals surface area contributed by atoms with Gasteiger partial charge in [0.15, 0.2) is 0 Å². The number of nitrogens with one attached hydrogen (secondary N) is 1. The molecule has 1 atom stereocenters. The van der Waals surface area contributed by atoms with E-state index in [9.17, 15) is 9.59 Å². The molecule has 1 aliphatic rings. The van der Waals surface area contributed by atoms with Crippen molar-refractivity contribution in [2.24, 2.45) is 0 Å². The third-order valence-corrected chi connectivity index (χ3v) is 5.18. The summed E-state index contributed by atoms with van der Waals surface area (Å²) in [6, 6.07) is 20.0. The number of imidazole rings is 1. The van der Waals surface area contributed by atoms with Gasteiger partial charge in [-0.25, -0.2) is 4.98 Å². The van der Waals surface area contributed by atoms with Crippen molar-refractivity contribution in [3.8, 4) is 0 Å². The second-order valence-corrected chi connectivity index (χ2v) is 7.19. The third-order valence-electron chi connectivity index (χ3n) is 5.18. The van der Waals surface area contributed by atoms with Crippen molar-refractivity contribution < 1.29 is 9.59 Å². The zero-order valence-electron chi connectivity index (χ0n) is 16.1. The van der Waals surface area contributed by atoms with Crippen LogP contribution in [0.25, 0.3) is 11.0 Å². The van der Waals surface area contributed by atoms with Gasteiger partial charge in [-0.2, -0.15) is 0 Å². The molecule has 5 rings (SSSR count). The quantitative estimate of drug-likeness (QED) is 0.559. The normalized spacial score (nSPS) is 15.4. The lowest BCUT2D eigenvalue weighted by Gasteiger charge is -2.16. The highest BCUT2D eigenvalue weighted by Crippen LogP contribution is 2.37. The second-order valence-electron chi connectivity index (χ2n) is 7.19. The van der Waals surface area contributed by atoms with Crippen molar-refractivity contribution in [2.45, 2.75) is 19.0 Å². The van der Waals surface area contributed by atoms with Crippen LogP contribution in [0.3, 0.4) is 0 Å². The maximum atomic E-state index is 13.3. The number of fused-ring (bicyclic) bond motifs is 3. The Labute approximate surface area is 173 Å². The molecule has 2 aromatic carbocycles. The lowest BCUT2D eigenvalue weighted by atomic mass is 10.1. The summed E-state index contributed by atoms with van der Waals surface area (Å²) in [6.07, 6.45) is 3.46. The van der Waals surface area contributed by atoms with Crippen molar-refractivity contribution in [2.75, 3.05) is 10.2 Å². The molecule has 30 heavy (non-hydrogen) atoms. The van der Waals surface area contributed by atoms with Crippen LogP contribution in [0.2, 0.25) is 0 Å². The minimum atomic E-state index is -0.646. The Morgan fingerprint density at radius 1 is 1.00 bits per heavy atom. The Morgan fingerprint density at radius 2 is 1.80 bits per heavy atom. The number of amides is 2. The summed E-state index contributed by atoms with van der Waals surface area (Å²) in [6.45, 7) is 0.354. The van der Waals surface area contributed by atoms with Crippen molar-refractivity contribution >= 4 is 34.5 Å².